The molecule has 2 rings (SSSR count). The third-order valence-electron chi connectivity index (χ3n) is 5.25. The zero-order valence-electron chi connectivity index (χ0n) is 14.1. The van der Waals surface area contributed by atoms with Gasteiger partial charge in [-0.05, 0) is 46.6 Å². The fourth-order valence-electron chi connectivity index (χ4n) is 3.87. The third kappa shape index (κ3) is 4.43. The van der Waals surface area contributed by atoms with Gasteiger partial charge in [0.25, 0.3) is 0 Å². The van der Waals surface area contributed by atoms with Crippen molar-refractivity contribution in [3.63, 3.8) is 0 Å². The third-order valence-corrected chi connectivity index (χ3v) is 5.25. The number of likely N-dealkylation sites (tertiary alicyclic amines) is 1. The van der Waals surface area contributed by atoms with Crippen molar-refractivity contribution < 1.29 is 4.79 Å². The number of hydrogen-bond acceptors (Lipinski definition) is 3. The van der Waals surface area contributed by atoms with E-state index in [9.17, 15) is 4.79 Å². The molecule has 0 unspecified atom stereocenters. The first kappa shape index (κ1) is 16.8. The number of amides is 1. The standard InChI is InChI=1S/C17H33N3O/c1-17(2,13-19(3)15-7-5-4-6-8-15)16(21)20-11-9-14(18)10-12-20/h14-15H,4-13,18H2,1-3H3. The van der Waals surface area contributed by atoms with Crippen LogP contribution in [0.5, 0.6) is 0 Å². The van der Waals surface area contributed by atoms with E-state index in [4.69, 9.17) is 5.73 Å². The van der Waals surface area contributed by atoms with Crippen LogP contribution >= 0.6 is 0 Å². The van der Waals surface area contributed by atoms with Gasteiger partial charge in [-0.1, -0.05) is 19.3 Å². The molecule has 4 nitrogen and oxygen atoms in total. The van der Waals surface area contributed by atoms with E-state index in [1.807, 2.05) is 4.90 Å². The number of nitrogens with zero attached hydrogens (tertiary/aromatic N) is 2. The Morgan fingerprint density at radius 1 is 1.14 bits per heavy atom. The molecule has 2 fully saturated rings. The van der Waals surface area contributed by atoms with E-state index in [2.05, 4.69) is 25.8 Å². The predicted octanol–water partition coefficient (Wildman–Crippen LogP) is 2.23. The molecule has 1 saturated heterocycles. The van der Waals surface area contributed by atoms with Crippen LogP contribution in [0.25, 0.3) is 0 Å². The molecule has 2 aliphatic rings. The van der Waals surface area contributed by atoms with Crippen LogP contribution in [0.1, 0.15) is 58.8 Å². The Labute approximate surface area is 130 Å². The van der Waals surface area contributed by atoms with E-state index in [0.29, 0.717) is 11.9 Å². The summed E-state index contributed by atoms with van der Waals surface area (Å²) >= 11 is 0. The van der Waals surface area contributed by atoms with E-state index in [1.54, 1.807) is 0 Å². The Bertz CT molecular complexity index is 342. The fourth-order valence-corrected chi connectivity index (χ4v) is 3.87. The van der Waals surface area contributed by atoms with E-state index in [1.165, 1.54) is 32.1 Å². The molecule has 0 atom stereocenters. The maximum absolute atomic E-state index is 12.8. The summed E-state index contributed by atoms with van der Waals surface area (Å²) < 4.78 is 0. The van der Waals surface area contributed by atoms with Gasteiger partial charge in [0.2, 0.25) is 5.91 Å². The normalized spacial score (nSPS) is 22.8. The highest BCUT2D eigenvalue weighted by molar-refractivity contribution is 5.82. The first-order chi connectivity index (χ1) is 9.90. The van der Waals surface area contributed by atoms with Gasteiger partial charge in [-0.25, -0.2) is 0 Å². The fraction of sp³-hybridized carbons (Fsp3) is 0.941. The average molecular weight is 295 g/mol. The number of piperidine rings is 1. The Morgan fingerprint density at radius 3 is 2.29 bits per heavy atom. The first-order valence-electron chi connectivity index (χ1n) is 8.65. The second-order valence-corrected chi connectivity index (χ2v) is 7.72. The van der Waals surface area contributed by atoms with Crippen molar-refractivity contribution in [2.24, 2.45) is 11.1 Å². The summed E-state index contributed by atoms with van der Waals surface area (Å²) in [5.41, 5.74) is 5.64. The minimum atomic E-state index is -0.298. The van der Waals surface area contributed by atoms with Gasteiger partial charge in [0, 0.05) is 31.7 Å². The average Bonchev–Trinajstić information content (AvgIpc) is 2.48. The Kier molecular flexibility index (Phi) is 5.67. The molecule has 122 valence electrons. The van der Waals surface area contributed by atoms with Gasteiger partial charge in [-0.2, -0.15) is 0 Å². The molecule has 2 N–H and O–H groups in total. The van der Waals surface area contributed by atoms with Gasteiger partial charge < -0.3 is 15.5 Å². The molecule has 0 radical (unpaired) electrons. The lowest BCUT2D eigenvalue weighted by Crippen LogP contribution is -2.51. The highest BCUT2D eigenvalue weighted by atomic mass is 16.2. The quantitative estimate of drug-likeness (QED) is 0.865. The van der Waals surface area contributed by atoms with Crippen molar-refractivity contribution in [2.75, 3.05) is 26.7 Å². The van der Waals surface area contributed by atoms with Crippen molar-refractivity contribution in [1.29, 1.82) is 0 Å². The van der Waals surface area contributed by atoms with Crippen molar-refractivity contribution in [3.8, 4) is 0 Å². The van der Waals surface area contributed by atoms with Gasteiger partial charge in [0.15, 0.2) is 0 Å². The second kappa shape index (κ2) is 7.10. The molecule has 1 aliphatic heterocycles. The number of hydrogen-bond donors (Lipinski definition) is 1. The number of carbonyl (C=O) groups excluding carboxylic acids is 1. The molecule has 0 spiro atoms. The lowest BCUT2D eigenvalue weighted by atomic mass is 9.87. The summed E-state index contributed by atoms with van der Waals surface area (Å²) in [5, 5.41) is 0. The van der Waals surface area contributed by atoms with Crippen LogP contribution < -0.4 is 5.73 Å². The predicted molar refractivity (Wildman–Crippen MR) is 87.1 cm³/mol. The second-order valence-electron chi connectivity index (χ2n) is 7.72. The van der Waals surface area contributed by atoms with Gasteiger partial charge in [0.05, 0.1) is 5.41 Å². The van der Waals surface area contributed by atoms with Crippen molar-refractivity contribution in [1.82, 2.24) is 9.80 Å². The molecule has 1 amide bonds. The Balaban J connectivity index is 1.88. The molecule has 0 aromatic rings. The molecule has 0 aromatic carbocycles. The first-order valence-corrected chi connectivity index (χ1v) is 8.65. The Morgan fingerprint density at radius 2 is 1.71 bits per heavy atom. The lowest BCUT2D eigenvalue weighted by molar-refractivity contribution is -0.142. The number of nitrogens with two attached hydrogens (primary N) is 1. The zero-order chi connectivity index (χ0) is 15.5. The van der Waals surface area contributed by atoms with Crippen LogP contribution in [-0.4, -0.2) is 54.5 Å². The smallest absolute Gasteiger partial charge is 0.229 e. The van der Waals surface area contributed by atoms with Crippen LogP contribution in [0.2, 0.25) is 0 Å². The van der Waals surface area contributed by atoms with Crippen LogP contribution in [0, 0.1) is 5.41 Å². The Hall–Kier alpha value is -0.610. The molecule has 1 aliphatic carbocycles. The lowest BCUT2D eigenvalue weighted by Gasteiger charge is -2.40. The number of carbonyl (C=O) groups is 1. The van der Waals surface area contributed by atoms with Crippen LogP contribution in [0.15, 0.2) is 0 Å². The van der Waals surface area contributed by atoms with Crippen LogP contribution in [-0.2, 0) is 4.79 Å². The van der Waals surface area contributed by atoms with E-state index < -0.39 is 0 Å². The van der Waals surface area contributed by atoms with Crippen molar-refractivity contribution >= 4 is 5.91 Å². The van der Waals surface area contributed by atoms with E-state index in [0.717, 1.165) is 32.5 Å². The molecular weight excluding hydrogens is 262 g/mol. The summed E-state index contributed by atoms with van der Waals surface area (Å²) in [6.07, 6.45) is 8.53. The van der Waals surface area contributed by atoms with Crippen LogP contribution in [0.3, 0.4) is 0 Å². The highest BCUT2D eigenvalue weighted by Gasteiger charge is 2.35. The molecule has 1 saturated carbocycles. The van der Waals surface area contributed by atoms with Gasteiger partial charge in [-0.15, -0.1) is 0 Å². The molecule has 1 heterocycles. The summed E-state index contributed by atoms with van der Waals surface area (Å²) in [6, 6.07) is 0.947. The van der Waals surface area contributed by atoms with Crippen LogP contribution in [0.4, 0.5) is 0 Å². The summed E-state index contributed by atoms with van der Waals surface area (Å²) in [4.78, 5) is 17.3. The molecule has 0 bridgehead atoms. The summed E-state index contributed by atoms with van der Waals surface area (Å²) in [7, 11) is 2.19. The maximum atomic E-state index is 12.8. The monoisotopic (exact) mass is 295 g/mol. The largest absolute Gasteiger partial charge is 0.342 e. The minimum absolute atomic E-state index is 0.280. The summed E-state index contributed by atoms with van der Waals surface area (Å²) in [6.45, 7) is 6.72. The minimum Gasteiger partial charge on any atom is -0.342 e. The highest BCUT2D eigenvalue weighted by Crippen LogP contribution is 2.27. The SMILES string of the molecule is CN(CC(C)(C)C(=O)N1CCC(N)CC1)C1CCCCC1. The zero-order valence-corrected chi connectivity index (χ0v) is 14.1. The molecule has 4 heteroatoms. The molecule has 0 aromatic heterocycles. The topological polar surface area (TPSA) is 49.6 Å². The van der Waals surface area contributed by atoms with Gasteiger partial charge in [0.1, 0.15) is 0 Å². The maximum Gasteiger partial charge on any atom is 0.229 e. The van der Waals surface area contributed by atoms with E-state index >= 15 is 0 Å². The van der Waals surface area contributed by atoms with Crippen molar-refractivity contribution in [2.45, 2.75) is 70.9 Å². The molecular formula is C17H33N3O. The molecule has 21 heavy (non-hydrogen) atoms. The number of rotatable bonds is 4. The summed E-state index contributed by atoms with van der Waals surface area (Å²) in [5.74, 6) is 0.303. The van der Waals surface area contributed by atoms with Gasteiger partial charge in [-0.3, -0.25) is 4.79 Å². The van der Waals surface area contributed by atoms with E-state index in [-0.39, 0.29) is 11.5 Å². The van der Waals surface area contributed by atoms with Crippen molar-refractivity contribution in [3.05, 3.63) is 0 Å². The van der Waals surface area contributed by atoms with Gasteiger partial charge >= 0.3 is 0 Å².